The molecule has 34 heavy (non-hydrogen) atoms. The van der Waals surface area contributed by atoms with E-state index in [4.69, 9.17) is 9.78 Å². The lowest BCUT2D eigenvalue weighted by molar-refractivity contribution is 0.0948. The van der Waals surface area contributed by atoms with Crippen molar-refractivity contribution >= 4 is 5.91 Å². The lowest BCUT2D eigenvalue weighted by Gasteiger charge is -2.07. The van der Waals surface area contributed by atoms with Crippen molar-refractivity contribution in [3.05, 3.63) is 84.4 Å². The molecule has 2 aromatic carbocycles. The molecule has 0 bridgehead atoms. The van der Waals surface area contributed by atoms with Crippen molar-refractivity contribution in [2.75, 3.05) is 6.54 Å². The van der Waals surface area contributed by atoms with Crippen molar-refractivity contribution in [2.45, 2.75) is 32.5 Å². The first-order valence-electron chi connectivity index (χ1n) is 11.2. The zero-order valence-corrected chi connectivity index (χ0v) is 18.9. The summed E-state index contributed by atoms with van der Waals surface area (Å²) in [7, 11) is 0. The average molecular weight is 455 g/mol. The van der Waals surface area contributed by atoms with Crippen LogP contribution >= 0.6 is 0 Å². The Hall–Kier alpha value is -4.22. The number of hydrogen-bond donors (Lipinski definition) is 2. The fourth-order valence-electron chi connectivity index (χ4n) is 3.55. The van der Waals surface area contributed by atoms with E-state index in [1.807, 2.05) is 42.9 Å². The quantitative estimate of drug-likeness (QED) is 0.350. The number of aryl methyl sites for hydroxylation is 1. The van der Waals surface area contributed by atoms with Crippen LogP contribution in [0.1, 0.15) is 29.3 Å². The first-order valence-corrected chi connectivity index (χ1v) is 11.2. The van der Waals surface area contributed by atoms with Crippen LogP contribution in [0, 0.1) is 11.3 Å². The summed E-state index contributed by atoms with van der Waals surface area (Å²) >= 11 is 0. The maximum atomic E-state index is 12.3. The summed E-state index contributed by atoms with van der Waals surface area (Å²) in [5, 5.41) is 19.2. The molecule has 2 N–H and O–H groups in total. The first-order chi connectivity index (χ1) is 16.6. The van der Waals surface area contributed by atoms with Gasteiger partial charge in [0.25, 0.3) is 5.91 Å². The Bertz CT molecular complexity index is 1270. The van der Waals surface area contributed by atoms with Crippen LogP contribution in [-0.4, -0.2) is 33.2 Å². The number of hydrogen-bond acceptors (Lipinski definition) is 6. The Morgan fingerprint density at radius 1 is 1.18 bits per heavy atom. The van der Waals surface area contributed by atoms with Crippen LogP contribution in [0.15, 0.2) is 77.8 Å². The molecule has 0 aliphatic rings. The molecule has 1 atom stereocenters. The standard InChI is InChI=1S/C26H26N6O2/c1-19(16-27)30-26(33)23-8-3-6-21(14-23)24-15-25(34-31-24)22-7-2-5-20(13-22)17-28-9-4-11-32-12-10-29-18-32/h2-3,5-8,10,12-15,18-19,28H,4,9,11,17H2,1H3,(H,30,33). The third kappa shape index (κ3) is 5.97. The summed E-state index contributed by atoms with van der Waals surface area (Å²) in [6.07, 6.45) is 6.61. The Kier molecular flexibility index (Phi) is 7.48. The SMILES string of the molecule is CC(C#N)NC(=O)c1cccc(-c2cc(-c3cccc(CNCCCn4ccnc4)c3)on2)c1. The topological polar surface area (TPSA) is 109 Å². The van der Waals surface area contributed by atoms with Gasteiger partial charge in [0.15, 0.2) is 5.76 Å². The largest absolute Gasteiger partial charge is 0.356 e. The van der Waals surface area contributed by atoms with Gasteiger partial charge in [-0.2, -0.15) is 5.26 Å². The summed E-state index contributed by atoms with van der Waals surface area (Å²) in [4.78, 5) is 16.4. The molecule has 0 radical (unpaired) electrons. The van der Waals surface area contributed by atoms with Crippen LogP contribution < -0.4 is 10.6 Å². The molecule has 4 rings (SSSR count). The van der Waals surface area contributed by atoms with Gasteiger partial charge in [0.1, 0.15) is 11.7 Å². The Balaban J connectivity index is 1.38. The van der Waals surface area contributed by atoms with Crippen molar-refractivity contribution < 1.29 is 9.32 Å². The van der Waals surface area contributed by atoms with Gasteiger partial charge in [-0.05, 0) is 43.7 Å². The highest BCUT2D eigenvalue weighted by atomic mass is 16.5. The monoisotopic (exact) mass is 454 g/mol. The molecule has 0 spiro atoms. The fourth-order valence-corrected chi connectivity index (χ4v) is 3.55. The maximum absolute atomic E-state index is 12.3. The van der Waals surface area contributed by atoms with E-state index >= 15 is 0 Å². The number of carbonyl (C=O) groups excluding carboxylic acids is 1. The highest BCUT2D eigenvalue weighted by Crippen LogP contribution is 2.27. The third-order valence-corrected chi connectivity index (χ3v) is 5.34. The van der Waals surface area contributed by atoms with E-state index in [0.29, 0.717) is 17.0 Å². The molecule has 2 heterocycles. The third-order valence-electron chi connectivity index (χ3n) is 5.34. The van der Waals surface area contributed by atoms with Gasteiger partial charge in [0, 0.05) is 48.2 Å². The maximum Gasteiger partial charge on any atom is 0.252 e. The molecule has 0 saturated carbocycles. The second-order valence-electron chi connectivity index (χ2n) is 8.01. The molecule has 4 aromatic rings. The van der Waals surface area contributed by atoms with E-state index < -0.39 is 6.04 Å². The van der Waals surface area contributed by atoms with Crippen LogP contribution in [0.4, 0.5) is 0 Å². The van der Waals surface area contributed by atoms with Gasteiger partial charge in [0.05, 0.1) is 12.4 Å². The number of carbonyl (C=O) groups is 1. The minimum Gasteiger partial charge on any atom is -0.356 e. The van der Waals surface area contributed by atoms with E-state index in [-0.39, 0.29) is 5.91 Å². The van der Waals surface area contributed by atoms with E-state index in [1.54, 1.807) is 31.3 Å². The van der Waals surface area contributed by atoms with Gasteiger partial charge in [-0.1, -0.05) is 35.5 Å². The smallest absolute Gasteiger partial charge is 0.252 e. The second kappa shape index (κ2) is 11.1. The van der Waals surface area contributed by atoms with Crippen LogP contribution in [-0.2, 0) is 13.1 Å². The fraction of sp³-hybridized carbons (Fsp3) is 0.231. The van der Waals surface area contributed by atoms with E-state index in [0.717, 1.165) is 42.7 Å². The molecule has 0 aliphatic carbocycles. The van der Waals surface area contributed by atoms with Crippen molar-refractivity contribution in [1.29, 1.82) is 5.26 Å². The van der Waals surface area contributed by atoms with Gasteiger partial charge in [-0.25, -0.2) is 4.98 Å². The van der Waals surface area contributed by atoms with Gasteiger partial charge in [-0.15, -0.1) is 0 Å². The Labute approximate surface area is 198 Å². The summed E-state index contributed by atoms with van der Waals surface area (Å²) in [6, 6.07) is 18.6. The molecule has 0 aliphatic heterocycles. The molecule has 8 nitrogen and oxygen atoms in total. The zero-order chi connectivity index (χ0) is 23.8. The highest BCUT2D eigenvalue weighted by Gasteiger charge is 2.13. The zero-order valence-electron chi connectivity index (χ0n) is 18.9. The van der Waals surface area contributed by atoms with E-state index in [1.165, 1.54) is 0 Å². The number of aromatic nitrogens is 3. The van der Waals surface area contributed by atoms with Crippen LogP contribution in [0.2, 0.25) is 0 Å². The van der Waals surface area contributed by atoms with Crippen molar-refractivity contribution in [3.63, 3.8) is 0 Å². The van der Waals surface area contributed by atoms with Gasteiger partial charge in [0.2, 0.25) is 0 Å². The molecule has 172 valence electrons. The van der Waals surface area contributed by atoms with Crippen molar-refractivity contribution in [2.24, 2.45) is 0 Å². The van der Waals surface area contributed by atoms with Crippen molar-refractivity contribution in [3.8, 4) is 28.7 Å². The summed E-state index contributed by atoms with van der Waals surface area (Å²) in [5.41, 5.74) is 3.96. The van der Waals surface area contributed by atoms with Crippen LogP contribution in [0.5, 0.6) is 0 Å². The van der Waals surface area contributed by atoms with E-state index in [2.05, 4.69) is 37.5 Å². The number of nitrogens with one attached hydrogen (secondary N) is 2. The number of rotatable bonds is 10. The predicted molar refractivity (Wildman–Crippen MR) is 128 cm³/mol. The second-order valence-corrected chi connectivity index (χ2v) is 8.01. The van der Waals surface area contributed by atoms with Crippen LogP contribution in [0.3, 0.4) is 0 Å². The number of nitriles is 1. The minimum atomic E-state index is -0.562. The summed E-state index contributed by atoms with van der Waals surface area (Å²) < 4.78 is 7.67. The average Bonchev–Trinajstić information content (AvgIpc) is 3.57. The molecule has 0 saturated heterocycles. The molecule has 1 unspecified atom stereocenters. The lowest BCUT2D eigenvalue weighted by Crippen LogP contribution is -2.31. The van der Waals surface area contributed by atoms with Gasteiger partial charge >= 0.3 is 0 Å². The number of nitrogens with zero attached hydrogens (tertiary/aromatic N) is 4. The molecule has 1 amide bonds. The first kappa shape index (κ1) is 23.0. The molecule has 0 fully saturated rings. The summed E-state index contributed by atoms with van der Waals surface area (Å²) in [5.74, 6) is 0.356. The molecular weight excluding hydrogens is 428 g/mol. The Morgan fingerprint density at radius 3 is 2.85 bits per heavy atom. The molecular formula is C26H26N6O2. The highest BCUT2D eigenvalue weighted by molar-refractivity contribution is 5.95. The molecule has 8 heteroatoms. The summed E-state index contributed by atoms with van der Waals surface area (Å²) in [6.45, 7) is 4.24. The normalized spacial score (nSPS) is 11.6. The number of amides is 1. The number of imidazole rings is 1. The van der Waals surface area contributed by atoms with Crippen molar-refractivity contribution in [1.82, 2.24) is 25.3 Å². The number of benzene rings is 2. The minimum absolute atomic E-state index is 0.301. The van der Waals surface area contributed by atoms with Gasteiger partial charge in [-0.3, -0.25) is 4.79 Å². The van der Waals surface area contributed by atoms with E-state index in [9.17, 15) is 4.79 Å². The lowest BCUT2D eigenvalue weighted by atomic mass is 10.1. The predicted octanol–water partition coefficient (Wildman–Crippen LogP) is 4.03. The van der Waals surface area contributed by atoms with Crippen LogP contribution in [0.25, 0.3) is 22.6 Å². The Morgan fingerprint density at radius 2 is 2.03 bits per heavy atom. The molecule has 2 aromatic heterocycles. The van der Waals surface area contributed by atoms with Gasteiger partial charge < -0.3 is 19.7 Å².